The summed E-state index contributed by atoms with van der Waals surface area (Å²) in [7, 11) is -17.0. The summed E-state index contributed by atoms with van der Waals surface area (Å²) in [6.07, 6.45) is -15.0. The molecular formula is C6H12O15P3-3. The molecule has 0 aromatic heterocycles. The topological polar surface area (TPSA) is 269 Å². The Morgan fingerprint density at radius 2 is 0.833 bits per heavy atom. The van der Waals surface area contributed by atoms with Gasteiger partial charge in [0.15, 0.2) is 0 Å². The summed E-state index contributed by atoms with van der Waals surface area (Å²) in [5, 5.41) is 29.1. The van der Waals surface area contributed by atoms with Crippen LogP contribution in [0, 0.1) is 0 Å². The van der Waals surface area contributed by atoms with Crippen molar-refractivity contribution in [3.63, 3.8) is 0 Å². The van der Waals surface area contributed by atoms with Crippen LogP contribution >= 0.6 is 23.5 Å². The Bertz CT molecular complexity index is 574. The van der Waals surface area contributed by atoms with Crippen molar-refractivity contribution in [1.82, 2.24) is 0 Å². The number of aliphatic hydroxyl groups excluding tert-OH is 3. The minimum Gasteiger partial charge on any atom is -0.756 e. The molecule has 0 aliphatic heterocycles. The summed E-state index contributed by atoms with van der Waals surface area (Å²) in [6.45, 7) is 0. The van der Waals surface area contributed by atoms with Gasteiger partial charge >= 0.3 is 0 Å². The molecule has 0 heterocycles. The highest BCUT2D eigenvalue weighted by atomic mass is 31.2. The zero-order valence-electron chi connectivity index (χ0n) is 11.2. The van der Waals surface area contributed by atoms with Crippen LogP contribution in [-0.2, 0) is 27.3 Å². The van der Waals surface area contributed by atoms with Crippen LogP contribution in [0.25, 0.3) is 0 Å². The molecule has 0 aromatic rings. The van der Waals surface area contributed by atoms with E-state index in [1.54, 1.807) is 0 Å². The van der Waals surface area contributed by atoms with E-state index < -0.39 is 60.1 Å². The van der Waals surface area contributed by atoms with E-state index in [0.29, 0.717) is 0 Å². The van der Waals surface area contributed by atoms with Gasteiger partial charge in [-0.15, -0.1) is 0 Å². The van der Waals surface area contributed by atoms with Gasteiger partial charge in [0.25, 0.3) is 23.5 Å². The van der Waals surface area contributed by atoms with Crippen LogP contribution in [0.15, 0.2) is 0 Å². The summed E-state index contributed by atoms with van der Waals surface area (Å²) in [5.41, 5.74) is 0. The van der Waals surface area contributed by atoms with E-state index >= 15 is 0 Å². The lowest BCUT2D eigenvalue weighted by Crippen LogP contribution is -2.65. The summed E-state index contributed by atoms with van der Waals surface area (Å²) in [4.78, 5) is 58.0. The van der Waals surface area contributed by atoms with E-state index in [1.165, 1.54) is 0 Å². The molecule has 1 aliphatic rings. The van der Waals surface area contributed by atoms with Crippen molar-refractivity contribution in [2.45, 2.75) is 36.6 Å². The van der Waals surface area contributed by atoms with Crippen LogP contribution in [0.1, 0.15) is 0 Å². The molecule has 1 saturated carbocycles. The van der Waals surface area contributed by atoms with Gasteiger partial charge in [0.05, 0.1) is 0 Å². The highest BCUT2D eigenvalue weighted by Gasteiger charge is 2.54. The standard InChI is InChI=1S/C6H15O15P3/c7-1-2(8)5(20-23(13,14)15)6(21-24(16,17)18)3(9)4(1)19-22(10,11)12/h1-9H,(H2,10,11,12)(H2,13,14,15)(H2,16,17,18)/p-3/t1-,2+,3+,4?,5?,6?/m1/s1. The average molecular weight is 417 g/mol. The van der Waals surface area contributed by atoms with Crippen molar-refractivity contribution in [2.75, 3.05) is 0 Å². The van der Waals surface area contributed by atoms with Gasteiger partial charge in [0.2, 0.25) is 0 Å². The predicted octanol–water partition coefficient (Wildman–Crippen LogP) is -5.38. The second-order valence-electron chi connectivity index (χ2n) is 4.59. The zero-order valence-corrected chi connectivity index (χ0v) is 13.8. The first-order chi connectivity index (χ1) is 10.5. The van der Waals surface area contributed by atoms with E-state index in [0.717, 1.165) is 0 Å². The van der Waals surface area contributed by atoms with Gasteiger partial charge in [-0.3, -0.25) is 13.7 Å². The van der Waals surface area contributed by atoms with Crippen LogP contribution in [-0.4, -0.2) is 66.6 Å². The second kappa shape index (κ2) is 7.45. The number of aliphatic hydroxyl groups is 3. The molecule has 24 heavy (non-hydrogen) atoms. The fourth-order valence-electron chi connectivity index (χ4n) is 2.00. The van der Waals surface area contributed by atoms with E-state index in [1.807, 2.05) is 0 Å². The Morgan fingerprint density at radius 1 is 0.583 bits per heavy atom. The summed E-state index contributed by atoms with van der Waals surface area (Å²) >= 11 is 0. The molecule has 18 heteroatoms. The predicted molar refractivity (Wildman–Crippen MR) is 62.1 cm³/mol. The molecule has 6 unspecified atom stereocenters. The van der Waals surface area contributed by atoms with E-state index in [9.17, 15) is 43.7 Å². The van der Waals surface area contributed by atoms with Gasteiger partial charge in [-0.1, -0.05) is 0 Å². The van der Waals surface area contributed by atoms with Gasteiger partial charge in [0.1, 0.15) is 36.6 Å². The number of rotatable bonds is 6. The van der Waals surface area contributed by atoms with Crippen molar-refractivity contribution in [2.24, 2.45) is 0 Å². The van der Waals surface area contributed by atoms with Crippen molar-refractivity contribution >= 4 is 23.5 Å². The third-order valence-corrected chi connectivity index (χ3v) is 4.31. The third-order valence-electron chi connectivity index (χ3n) is 2.78. The minimum absolute atomic E-state index is 2.44. The van der Waals surface area contributed by atoms with Crippen LogP contribution in [0.2, 0.25) is 0 Å². The van der Waals surface area contributed by atoms with Gasteiger partial charge < -0.3 is 58.3 Å². The van der Waals surface area contributed by atoms with Gasteiger partial charge in [-0.25, -0.2) is 0 Å². The number of phosphoric ester groups is 3. The van der Waals surface area contributed by atoms with Crippen LogP contribution in [0.4, 0.5) is 0 Å². The monoisotopic (exact) mass is 417 g/mol. The lowest BCUT2D eigenvalue weighted by molar-refractivity contribution is -0.278. The van der Waals surface area contributed by atoms with Crippen molar-refractivity contribution < 1.29 is 71.9 Å². The lowest BCUT2D eigenvalue weighted by Gasteiger charge is -2.47. The first-order valence-electron chi connectivity index (χ1n) is 5.72. The van der Waals surface area contributed by atoms with Gasteiger partial charge in [-0.2, -0.15) is 0 Å². The minimum atomic E-state index is -5.72. The molecule has 144 valence electrons. The molecule has 1 rings (SSSR count). The van der Waals surface area contributed by atoms with E-state index in [2.05, 4.69) is 13.6 Å². The molecule has 1 fully saturated rings. The fourth-order valence-corrected chi connectivity index (χ4v) is 3.66. The number of hydrogen-bond acceptors (Lipinski definition) is 12. The van der Waals surface area contributed by atoms with Crippen LogP contribution in [0.3, 0.4) is 0 Å². The van der Waals surface area contributed by atoms with Gasteiger partial charge in [0, 0.05) is 0 Å². The molecule has 9 atom stereocenters. The SMILES string of the molecule is O=P([O-])(O)OC1C(OP(=O)([O-])O)[C@@H](O)[C@@H](O)C(OP(=O)([O-])O)[C@@H]1O. The lowest BCUT2D eigenvalue weighted by atomic mass is 9.85. The Morgan fingerprint density at radius 3 is 1.17 bits per heavy atom. The third kappa shape index (κ3) is 6.50. The maximum absolute atomic E-state index is 10.8. The fraction of sp³-hybridized carbons (Fsp3) is 1.00. The number of phosphoric acid groups is 3. The Hall–Kier alpha value is 0.210. The number of hydrogen-bond donors (Lipinski definition) is 6. The van der Waals surface area contributed by atoms with Crippen LogP contribution < -0.4 is 14.7 Å². The van der Waals surface area contributed by atoms with Crippen LogP contribution in [0.5, 0.6) is 0 Å². The van der Waals surface area contributed by atoms with E-state index in [-0.39, 0.29) is 0 Å². The molecular weight excluding hydrogens is 405 g/mol. The molecule has 0 aromatic carbocycles. The first-order valence-corrected chi connectivity index (χ1v) is 10.2. The molecule has 6 N–H and O–H groups in total. The zero-order chi connectivity index (χ0) is 19.1. The molecule has 0 amide bonds. The largest absolute Gasteiger partial charge is 0.756 e. The van der Waals surface area contributed by atoms with Crippen molar-refractivity contribution in [3.05, 3.63) is 0 Å². The maximum Gasteiger partial charge on any atom is 0.265 e. The van der Waals surface area contributed by atoms with Crippen molar-refractivity contribution in [3.8, 4) is 0 Å². The van der Waals surface area contributed by atoms with E-state index in [4.69, 9.17) is 14.7 Å². The summed E-state index contributed by atoms with van der Waals surface area (Å²) < 4.78 is 43.9. The molecule has 0 saturated heterocycles. The Balaban J connectivity index is 3.23. The summed E-state index contributed by atoms with van der Waals surface area (Å²) in [5.74, 6) is 0. The highest BCUT2D eigenvalue weighted by molar-refractivity contribution is 7.45. The second-order valence-corrected chi connectivity index (χ2v) is 8.03. The molecule has 0 radical (unpaired) electrons. The summed E-state index contributed by atoms with van der Waals surface area (Å²) in [6, 6.07) is 0. The molecule has 1 aliphatic carbocycles. The van der Waals surface area contributed by atoms with Crippen molar-refractivity contribution in [1.29, 1.82) is 0 Å². The quantitative estimate of drug-likeness (QED) is 0.220. The average Bonchev–Trinajstić information content (AvgIpc) is 2.32. The molecule has 15 nitrogen and oxygen atoms in total. The maximum atomic E-state index is 10.8. The first kappa shape index (κ1) is 22.3. The van der Waals surface area contributed by atoms with Gasteiger partial charge in [-0.05, 0) is 0 Å². The molecule has 0 bridgehead atoms. The highest BCUT2D eigenvalue weighted by Crippen LogP contribution is 2.45. The molecule has 0 spiro atoms. The smallest absolute Gasteiger partial charge is 0.265 e. The Labute approximate surface area is 133 Å². The Kier molecular flexibility index (Phi) is 6.90. The normalized spacial score (nSPS) is 41.9.